The van der Waals surface area contributed by atoms with E-state index < -0.39 is 4.92 Å². The van der Waals surface area contributed by atoms with Gasteiger partial charge in [-0.05, 0) is 36.5 Å². The second-order valence-electron chi connectivity index (χ2n) is 5.02. The molecule has 21 heavy (non-hydrogen) atoms. The molecule has 2 N–H and O–H groups in total. The Bertz CT molecular complexity index is 614. The highest BCUT2D eigenvalue weighted by molar-refractivity contribution is 5.33. The van der Waals surface area contributed by atoms with E-state index in [1.54, 1.807) is 30.3 Å². The summed E-state index contributed by atoms with van der Waals surface area (Å²) >= 11 is 0. The van der Waals surface area contributed by atoms with Gasteiger partial charge < -0.3 is 5.73 Å². The minimum absolute atomic E-state index is 0.0782. The fourth-order valence-corrected chi connectivity index (χ4v) is 2.18. The first-order valence-corrected chi connectivity index (χ1v) is 6.78. The van der Waals surface area contributed by atoms with Gasteiger partial charge >= 0.3 is 0 Å². The predicted molar refractivity (Wildman–Crippen MR) is 79.5 cm³/mol. The molecule has 0 heterocycles. The molecule has 0 saturated heterocycles. The molecule has 0 amide bonds. The molecule has 0 saturated carbocycles. The molecule has 110 valence electrons. The van der Waals surface area contributed by atoms with Gasteiger partial charge in [0.05, 0.1) is 4.92 Å². The number of nitro benzene ring substituents is 1. The fraction of sp³-hybridized carbons (Fsp3) is 0.250. The van der Waals surface area contributed by atoms with E-state index >= 15 is 0 Å². The first kappa shape index (κ1) is 15.1. The summed E-state index contributed by atoms with van der Waals surface area (Å²) in [7, 11) is 0. The van der Waals surface area contributed by atoms with E-state index in [1.807, 2.05) is 0 Å². The Morgan fingerprint density at radius 2 is 1.81 bits per heavy atom. The molecule has 1 unspecified atom stereocenters. The summed E-state index contributed by atoms with van der Waals surface area (Å²) < 4.78 is 13.5. The lowest BCUT2D eigenvalue weighted by atomic mass is 9.99. The fourth-order valence-electron chi connectivity index (χ4n) is 2.18. The average Bonchev–Trinajstić information content (AvgIpc) is 2.48. The van der Waals surface area contributed by atoms with Crippen molar-refractivity contribution in [1.82, 2.24) is 0 Å². The second-order valence-corrected chi connectivity index (χ2v) is 5.02. The van der Waals surface area contributed by atoms with Gasteiger partial charge in [0, 0.05) is 18.2 Å². The van der Waals surface area contributed by atoms with Crippen LogP contribution in [0.15, 0.2) is 48.5 Å². The molecular weight excluding hydrogens is 271 g/mol. The predicted octanol–water partition coefficient (Wildman–Crippen LogP) is 3.24. The van der Waals surface area contributed by atoms with Gasteiger partial charge in [-0.1, -0.05) is 30.3 Å². The van der Waals surface area contributed by atoms with E-state index in [2.05, 4.69) is 0 Å². The van der Waals surface area contributed by atoms with Crippen molar-refractivity contribution in [3.8, 4) is 0 Å². The van der Waals surface area contributed by atoms with Crippen molar-refractivity contribution < 1.29 is 9.31 Å². The van der Waals surface area contributed by atoms with Crippen LogP contribution in [0.3, 0.4) is 0 Å². The quantitative estimate of drug-likeness (QED) is 0.655. The van der Waals surface area contributed by atoms with Gasteiger partial charge in [-0.3, -0.25) is 10.1 Å². The van der Waals surface area contributed by atoms with Crippen LogP contribution in [0.25, 0.3) is 0 Å². The smallest absolute Gasteiger partial charge is 0.269 e. The molecule has 0 aliphatic heterocycles. The number of nitrogens with two attached hydrogens (primary N) is 1. The highest BCUT2D eigenvalue weighted by Gasteiger charge is 2.09. The van der Waals surface area contributed by atoms with E-state index in [-0.39, 0.29) is 17.5 Å². The van der Waals surface area contributed by atoms with Crippen LogP contribution >= 0.6 is 0 Å². The summed E-state index contributed by atoms with van der Waals surface area (Å²) in [6.07, 6.45) is 1.90. The van der Waals surface area contributed by atoms with Gasteiger partial charge in [-0.2, -0.15) is 0 Å². The van der Waals surface area contributed by atoms with Gasteiger partial charge in [-0.15, -0.1) is 0 Å². The number of halogens is 1. The van der Waals surface area contributed by atoms with Crippen LogP contribution in [0.5, 0.6) is 0 Å². The number of rotatable bonds is 6. The summed E-state index contributed by atoms with van der Waals surface area (Å²) in [5.41, 5.74) is 7.71. The first-order chi connectivity index (χ1) is 10.1. The summed E-state index contributed by atoms with van der Waals surface area (Å²) in [4.78, 5) is 10.1. The second kappa shape index (κ2) is 6.95. The third-order valence-electron chi connectivity index (χ3n) is 3.39. The topological polar surface area (TPSA) is 69.2 Å². The SMILES string of the molecule is NC(CCc1ccc([N+](=O)[O-])cc1)Cc1ccccc1F. The van der Waals surface area contributed by atoms with Gasteiger partial charge in [0.25, 0.3) is 5.69 Å². The number of benzene rings is 2. The van der Waals surface area contributed by atoms with Crippen LogP contribution in [0, 0.1) is 15.9 Å². The summed E-state index contributed by atoms with van der Waals surface area (Å²) in [5.74, 6) is -0.233. The molecule has 0 bridgehead atoms. The largest absolute Gasteiger partial charge is 0.327 e. The zero-order valence-corrected chi connectivity index (χ0v) is 11.5. The van der Waals surface area contributed by atoms with Crippen LogP contribution in [0.1, 0.15) is 17.5 Å². The molecule has 2 aromatic rings. The summed E-state index contributed by atoms with van der Waals surface area (Å²) in [6, 6.07) is 12.9. The highest BCUT2D eigenvalue weighted by atomic mass is 19.1. The number of hydrogen-bond acceptors (Lipinski definition) is 3. The lowest BCUT2D eigenvalue weighted by Crippen LogP contribution is -2.24. The minimum Gasteiger partial charge on any atom is -0.327 e. The summed E-state index contributed by atoms with van der Waals surface area (Å²) in [6.45, 7) is 0. The molecule has 2 rings (SSSR count). The molecule has 0 radical (unpaired) electrons. The van der Waals surface area contributed by atoms with Crippen molar-refractivity contribution in [3.05, 3.63) is 75.6 Å². The molecule has 0 aliphatic rings. The Kier molecular flexibility index (Phi) is 5.00. The molecule has 5 heteroatoms. The molecule has 0 spiro atoms. The van der Waals surface area contributed by atoms with E-state index in [0.717, 1.165) is 5.56 Å². The number of aryl methyl sites for hydroxylation is 1. The van der Waals surface area contributed by atoms with Crippen molar-refractivity contribution in [3.63, 3.8) is 0 Å². The van der Waals surface area contributed by atoms with Crippen LogP contribution in [-0.4, -0.2) is 11.0 Å². The lowest BCUT2D eigenvalue weighted by Gasteiger charge is -2.12. The third-order valence-corrected chi connectivity index (χ3v) is 3.39. The maximum atomic E-state index is 13.5. The van der Waals surface area contributed by atoms with Gasteiger partial charge in [0.2, 0.25) is 0 Å². The molecule has 2 aromatic carbocycles. The van der Waals surface area contributed by atoms with Crippen LogP contribution in [0.4, 0.5) is 10.1 Å². The molecule has 0 aromatic heterocycles. The first-order valence-electron chi connectivity index (χ1n) is 6.78. The Balaban J connectivity index is 1.88. The molecule has 0 aliphatic carbocycles. The van der Waals surface area contributed by atoms with Crippen LogP contribution in [-0.2, 0) is 12.8 Å². The van der Waals surface area contributed by atoms with E-state index in [4.69, 9.17) is 5.73 Å². The van der Waals surface area contributed by atoms with Crippen molar-refractivity contribution in [2.24, 2.45) is 5.73 Å². The van der Waals surface area contributed by atoms with Crippen molar-refractivity contribution in [1.29, 1.82) is 0 Å². The molecule has 4 nitrogen and oxygen atoms in total. The summed E-state index contributed by atoms with van der Waals surface area (Å²) in [5, 5.41) is 10.6. The van der Waals surface area contributed by atoms with E-state index in [1.165, 1.54) is 18.2 Å². The zero-order chi connectivity index (χ0) is 15.2. The Morgan fingerprint density at radius 3 is 2.43 bits per heavy atom. The van der Waals surface area contributed by atoms with Crippen molar-refractivity contribution >= 4 is 5.69 Å². The van der Waals surface area contributed by atoms with Gasteiger partial charge in [0.15, 0.2) is 0 Å². The molecular formula is C16H17FN2O2. The standard InChI is InChI=1S/C16H17FN2O2/c17-16-4-2-1-3-13(16)11-14(18)8-5-12-6-9-15(10-7-12)19(20)21/h1-4,6-7,9-10,14H,5,8,11,18H2. The normalized spacial score (nSPS) is 12.1. The van der Waals surface area contributed by atoms with Gasteiger partial charge in [-0.25, -0.2) is 4.39 Å². The number of nitro groups is 1. The van der Waals surface area contributed by atoms with E-state index in [0.29, 0.717) is 24.8 Å². The number of nitrogens with zero attached hydrogens (tertiary/aromatic N) is 1. The van der Waals surface area contributed by atoms with E-state index in [9.17, 15) is 14.5 Å². The van der Waals surface area contributed by atoms with Crippen molar-refractivity contribution in [2.75, 3.05) is 0 Å². The maximum Gasteiger partial charge on any atom is 0.269 e. The monoisotopic (exact) mass is 288 g/mol. The zero-order valence-electron chi connectivity index (χ0n) is 11.5. The Morgan fingerprint density at radius 1 is 1.14 bits per heavy atom. The molecule has 1 atom stereocenters. The lowest BCUT2D eigenvalue weighted by molar-refractivity contribution is -0.384. The molecule has 0 fully saturated rings. The Hall–Kier alpha value is -2.27. The third kappa shape index (κ3) is 4.36. The van der Waals surface area contributed by atoms with Crippen LogP contribution in [0.2, 0.25) is 0 Å². The highest BCUT2D eigenvalue weighted by Crippen LogP contribution is 2.15. The van der Waals surface area contributed by atoms with Crippen LogP contribution < -0.4 is 5.73 Å². The van der Waals surface area contributed by atoms with Crippen molar-refractivity contribution in [2.45, 2.75) is 25.3 Å². The minimum atomic E-state index is -0.423. The maximum absolute atomic E-state index is 13.5. The van der Waals surface area contributed by atoms with Gasteiger partial charge in [0.1, 0.15) is 5.82 Å². The number of hydrogen-bond donors (Lipinski definition) is 1. The number of non-ortho nitro benzene ring substituents is 1. The Labute approximate surface area is 122 Å². The average molecular weight is 288 g/mol.